The number of nitrogens with zero attached hydrogens (tertiary/aromatic N) is 1. The Morgan fingerprint density at radius 1 is 1.30 bits per heavy atom. The minimum atomic E-state index is -0.514. The first-order valence-electron chi connectivity index (χ1n) is 6.95. The SMILES string of the molecule is O=C(Nc1ccc(OCCO)cc1)c1cc(F)cc2[nH]cnc12. The number of amides is 1. The van der Waals surface area contributed by atoms with Crippen LogP contribution in [0.15, 0.2) is 42.7 Å². The number of anilines is 1. The summed E-state index contributed by atoms with van der Waals surface area (Å²) >= 11 is 0. The third kappa shape index (κ3) is 3.29. The van der Waals surface area contributed by atoms with Crippen molar-refractivity contribution >= 4 is 22.6 Å². The van der Waals surface area contributed by atoms with Crippen LogP contribution < -0.4 is 10.1 Å². The van der Waals surface area contributed by atoms with Crippen molar-refractivity contribution in [3.8, 4) is 5.75 Å². The van der Waals surface area contributed by atoms with E-state index in [1.807, 2.05) is 0 Å². The Morgan fingerprint density at radius 3 is 2.83 bits per heavy atom. The largest absolute Gasteiger partial charge is 0.491 e. The van der Waals surface area contributed by atoms with E-state index in [1.54, 1.807) is 24.3 Å². The molecule has 0 saturated heterocycles. The molecule has 0 spiro atoms. The molecule has 0 aliphatic heterocycles. The molecule has 118 valence electrons. The number of H-pyrrole nitrogens is 1. The van der Waals surface area contributed by atoms with Crippen molar-refractivity contribution in [2.75, 3.05) is 18.5 Å². The van der Waals surface area contributed by atoms with Crippen LogP contribution in [0.25, 0.3) is 11.0 Å². The van der Waals surface area contributed by atoms with Gasteiger partial charge in [0.15, 0.2) is 0 Å². The smallest absolute Gasteiger partial charge is 0.258 e. The summed E-state index contributed by atoms with van der Waals surface area (Å²) in [5.74, 6) is -0.386. The highest BCUT2D eigenvalue weighted by Gasteiger charge is 2.14. The monoisotopic (exact) mass is 315 g/mol. The van der Waals surface area contributed by atoms with Gasteiger partial charge in [0.2, 0.25) is 0 Å². The fraction of sp³-hybridized carbons (Fsp3) is 0.125. The number of carbonyl (C=O) groups is 1. The first-order chi connectivity index (χ1) is 11.2. The molecule has 0 unspecified atom stereocenters. The topological polar surface area (TPSA) is 87.2 Å². The number of ether oxygens (including phenoxy) is 1. The van der Waals surface area contributed by atoms with Crippen LogP contribution in [0.3, 0.4) is 0 Å². The lowest BCUT2D eigenvalue weighted by Crippen LogP contribution is -2.13. The summed E-state index contributed by atoms with van der Waals surface area (Å²) in [6.07, 6.45) is 1.41. The Balaban J connectivity index is 1.79. The summed E-state index contributed by atoms with van der Waals surface area (Å²) in [4.78, 5) is 19.2. The highest BCUT2D eigenvalue weighted by Crippen LogP contribution is 2.20. The van der Waals surface area contributed by atoms with Gasteiger partial charge in [-0.05, 0) is 36.4 Å². The van der Waals surface area contributed by atoms with Crippen molar-refractivity contribution in [1.82, 2.24) is 9.97 Å². The fourth-order valence-corrected chi connectivity index (χ4v) is 2.18. The van der Waals surface area contributed by atoms with Gasteiger partial charge in [-0.1, -0.05) is 0 Å². The van der Waals surface area contributed by atoms with E-state index in [-0.39, 0.29) is 18.8 Å². The van der Waals surface area contributed by atoms with Crippen LogP contribution in [0.4, 0.5) is 10.1 Å². The lowest BCUT2D eigenvalue weighted by molar-refractivity contribution is 0.102. The summed E-state index contributed by atoms with van der Waals surface area (Å²) < 4.78 is 18.8. The van der Waals surface area contributed by atoms with Crippen molar-refractivity contribution in [2.24, 2.45) is 0 Å². The molecule has 0 atom stereocenters. The molecule has 1 amide bonds. The van der Waals surface area contributed by atoms with Crippen LogP contribution in [0.5, 0.6) is 5.75 Å². The van der Waals surface area contributed by atoms with E-state index >= 15 is 0 Å². The first kappa shape index (κ1) is 15.0. The molecule has 23 heavy (non-hydrogen) atoms. The molecule has 3 aromatic rings. The number of carbonyl (C=O) groups excluding carboxylic acids is 1. The second kappa shape index (κ2) is 6.45. The maximum atomic E-state index is 13.6. The van der Waals surface area contributed by atoms with E-state index in [1.165, 1.54) is 12.4 Å². The normalized spacial score (nSPS) is 10.7. The summed E-state index contributed by atoms with van der Waals surface area (Å²) in [7, 11) is 0. The molecular formula is C16H14FN3O3. The number of aliphatic hydroxyl groups excluding tert-OH is 1. The van der Waals surface area contributed by atoms with E-state index in [2.05, 4.69) is 15.3 Å². The maximum absolute atomic E-state index is 13.6. The summed E-state index contributed by atoms with van der Waals surface area (Å²) in [5, 5.41) is 11.4. The average Bonchev–Trinajstić information content (AvgIpc) is 3.01. The van der Waals surface area contributed by atoms with Crippen molar-refractivity contribution in [3.63, 3.8) is 0 Å². The third-order valence-electron chi connectivity index (χ3n) is 3.21. The Morgan fingerprint density at radius 2 is 2.09 bits per heavy atom. The molecular weight excluding hydrogens is 301 g/mol. The quantitative estimate of drug-likeness (QED) is 0.674. The van der Waals surface area contributed by atoms with E-state index in [0.717, 1.165) is 6.07 Å². The number of aliphatic hydroxyl groups is 1. The van der Waals surface area contributed by atoms with Crippen molar-refractivity contribution < 1.29 is 19.0 Å². The predicted molar refractivity (Wildman–Crippen MR) is 83.0 cm³/mol. The summed E-state index contributed by atoms with van der Waals surface area (Å²) in [5.41, 5.74) is 1.57. The number of halogens is 1. The lowest BCUT2D eigenvalue weighted by Gasteiger charge is -2.08. The van der Waals surface area contributed by atoms with Crippen LogP contribution in [0, 0.1) is 5.82 Å². The number of hydrogen-bond acceptors (Lipinski definition) is 4. The highest BCUT2D eigenvalue weighted by atomic mass is 19.1. The predicted octanol–water partition coefficient (Wildman–Crippen LogP) is 2.33. The highest BCUT2D eigenvalue weighted by molar-refractivity contribution is 6.11. The number of hydrogen-bond donors (Lipinski definition) is 3. The van der Waals surface area contributed by atoms with Crippen LogP contribution in [-0.4, -0.2) is 34.2 Å². The standard InChI is InChI=1S/C16H14FN3O3/c17-10-7-13(15-14(8-10)18-9-19-15)16(22)20-11-1-3-12(4-2-11)23-6-5-21/h1-4,7-9,21H,5-6H2,(H,18,19)(H,20,22). The number of aromatic nitrogens is 2. The van der Waals surface area contributed by atoms with Crippen LogP contribution in [0.1, 0.15) is 10.4 Å². The number of aromatic amines is 1. The molecule has 6 nitrogen and oxygen atoms in total. The van der Waals surface area contributed by atoms with Crippen LogP contribution in [-0.2, 0) is 0 Å². The Hall–Kier alpha value is -2.93. The van der Waals surface area contributed by atoms with Gasteiger partial charge in [0.25, 0.3) is 5.91 Å². The fourth-order valence-electron chi connectivity index (χ4n) is 2.18. The zero-order valence-electron chi connectivity index (χ0n) is 12.0. The molecule has 0 saturated carbocycles. The minimum Gasteiger partial charge on any atom is -0.491 e. The number of fused-ring (bicyclic) bond motifs is 1. The molecule has 0 bridgehead atoms. The van der Waals surface area contributed by atoms with Gasteiger partial charge in [0, 0.05) is 5.69 Å². The van der Waals surface area contributed by atoms with E-state index < -0.39 is 11.7 Å². The van der Waals surface area contributed by atoms with E-state index in [4.69, 9.17) is 9.84 Å². The average molecular weight is 315 g/mol. The van der Waals surface area contributed by atoms with Gasteiger partial charge < -0.3 is 20.1 Å². The molecule has 0 fully saturated rings. The molecule has 1 heterocycles. The number of nitrogens with one attached hydrogen (secondary N) is 2. The zero-order chi connectivity index (χ0) is 16.2. The van der Waals surface area contributed by atoms with Crippen molar-refractivity contribution in [2.45, 2.75) is 0 Å². The number of imidazole rings is 1. The van der Waals surface area contributed by atoms with E-state index in [0.29, 0.717) is 22.5 Å². The first-order valence-corrected chi connectivity index (χ1v) is 6.95. The summed E-state index contributed by atoms with van der Waals surface area (Å²) in [6.45, 7) is 0.129. The molecule has 0 aliphatic rings. The molecule has 0 aliphatic carbocycles. The second-order valence-corrected chi connectivity index (χ2v) is 4.80. The van der Waals surface area contributed by atoms with Crippen molar-refractivity contribution in [1.29, 1.82) is 0 Å². The molecule has 1 aromatic heterocycles. The zero-order valence-corrected chi connectivity index (χ0v) is 12.0. The van der Waals surface area contributed by atoms with Gasteiger partial charge in [0.05, 0.1) is 24.0 Å². The van der Waals surface area contributed by atoms with Crippen LogP contribution in [0.2, 0.25) is 0 Å². The molecule has 0 radical (unpaired) electrons. The van der Waals surface area contributed by atoms with Gasteiger partial charge in [0.1, 0.15) is 23.7 Å². The van der Waals surface area contributed by atoms with Gasteiger partial charge in [-0.3, -0.25) is 4.79 Å². The Bertz CT molecular complexity index is 830. The van der Waals surface area contributed by atoms with E-state index in [9.17, 15) is 9.18 Å². The summed E-state index contributed by atoms with van der Waals surface area (Å²) in [6, 6.07) is 9.09. The molecule has 7 heteroatoms. The van der Waals surface area contributed by atoms with Crippen LogP contribution >= 0.6 is 0 Å². The Kier molecular flexibility index (Phi) is 4.20. The number of benzene rings is 2. The van der Waals surface area contributed by atoms with Gasteiger partial charge in [-0.2, -0.15) is 0 Å². The Labute approximate surface area is 130 Å². The van der Waals surface area contributed by atoms with Gasteiger partial charge in [-0.25, -0.2) is 9.37 Å². The maximum Gasteiger partial charge on any atom is 0.258 e. The minimum absolute atomic E-state index is 0.0717. The van der Waals surface area contributed by atoms with Gasteiger partial charge >= 0.3 is 0 Å². The second-order valence-electron chi connectivity index (χ2n) is 4.80. The van der Waals surface area contributed by atoms with Crippen molar-refractivity contribution in [3.05, 3.63) is 54.1 Å². The molecule has 2 aromatic carbocycles. The lowest BCUT2D eigenvalue weighted by atomic mass is 10.1. The molecule has 3 N–H and O–H groups in total. The van der Waals surface area contributed by atoms with Gasteiger partial charge in [-0.15, -0.1) is 0 Å². The molecule has 3 rings (SSSR count). The number of rotatable bonds is 5. The third-order valence-corrected chi connectivity index (χ3v) is 3.21.